The molecule has 94 valence electrons. The first-order valence-corrected chi connectivity index (χ1v) is 6.29. The summed E-state index contributed by atoms with van der Waals surface area (Å²) in [5, 5.41) is 12.6. The van der Waals surface area contributed by atoms with Gasteiger partial charge in [-0.1, -0.05) is 18.2 Å². The summed E-state index contributed by atoms with van der Waals surface area (Å²) in [5.74, 6) is 0.796. The molecule has 0 amide bonds. The molecule has 0 saturated carbocycles. The molecule has 2 aromatic heterocycles. The third-order valence-corrected chi connectivity index (χ3v) is 2.92. The SMILES string of the molecule is CCNc1ccc(-c2ccc3cccnc3c2)nn1. The third kappa shape index (κ3) is 2.38. The minimum atomic E-state index is 0.796. The molecule has 1 N–H and O–H groups in total. The first-order valence-electron chi connectivity index (χ1n) is 6.29. The summed E-state index contributed by atoms with van der Waals surface area (Å²) in [5.41, 5.74) is 2.86. The van der Waals surface area contributed by atoms with Gasteiger partial charge in [0.15, 0.2) is 0 Å². The van der Waals surface area contributed by atoms with E-state index in [9.17, 15) is 0 Å². The average Bonchev–Trinajstić information content (AvgIpc) is 2.48. The van der Waals surface area contributed by atoms with E-state index < -0.39 is 0 Å². The van der Waals surface area contributed by atoms with Gasteiger partial charge in [0, 0.05) is 23.7 Å². The number of hydrogen-bond donors (Lipinski definition) is 1. The van der Waals surface area contributed by atoms with Crippen LogP contribution in [0.4, 0.5) is 5.82 Å². The van der Waals surface area contributed by atoms with Crippen LogP contribution in [-0.4, -0.2) is 21.7 Å². The Kier molecular flexibility index (Phi) is 3.06. The van der Waals surface area contributed by atoms with E-state index in [0.717, 1.165) is 34.5 Å². The molecule has 0 aliphatic heterocycles. The lowest BCUT2D eigenvalue weighted by Crippen LogP contribution is -2.00. The van der Waals surface area contributed by atoms with E-state index >= 15 is 0 Å². The van der Waals surface area contributed by atoms with Gasteiger partial charge in [-0.25, -0.2) is 0 Å². The lowest BCUT2D eigenvalue weighted by molar-refractivity contribution is 1.02. The van der Waals surface area contributed by atoms with Crippen LogP contribution in [-0.2, 0) is 0 Å². The summed E-state index contributed by atoms with van der Waals surface area (Å²) in [7, 11) is 0. The molecule has 1 aromatic carbocycles. The quantitative estimate of drug-likeness (QED) is 0.776. The second kappa shape index (κ2) is 5.02. The number of benzene rings is 1. The Morgan fingerprint density at radius 2 is 2.00 bits per heavy atom. The van der Waals surface area contributed by atoms with Crippen LogP contribution in [0.25, 0.3) is 22.2 Å². The van der Waals surface area contributed by atoms with Gasteiger partial charge >= 0.3 is 0 Å². The smallest absolute Gasteiger partial charge is 0.148 e. The van der Waals surface area contributed by atoms with Crippen molar-refractivity contribution in [1.29, 1.82) is 0 Å². The molecule has 0 unspecified atom stereocenters. The van der Waals surface area contributed by atoms with Crippen molar-refractivity contribution in [2.75, 3.05) is 11.9 Å². The van der Waals surface area contributed by atoms with Crippen molar-refractivity contribution in [3.63, 3.8) is 0 Å². The summed E-state index contributed by atoms with van der Waals surface area (Å²) in [6.07, 6.45) is 1.80. The van der Waals surface area contributed by atoms with Gasteiger partial charge in [-0.3, -0.25) is 4.98 Å². The van der Waals surface area contributed by atoms with Crippen LogP contribution in [0.2, 0.25) is 0 Å². The molecule has 0 aliphatic rings. The Labute approximate surface area is 111 Å². The lowest BCUT2D eigenvalue weighted by atomic mass is 10.1. The predicted molar refractivity (Wildman–Crippen MR) is 76.9 cm³/mol. The first-order chi connectivity index (χ1) is 9.36. The zero-order chi connectivity index (χ0) is 13.1. The second-order valence-corrected chi connectivity index (χ2v) is 4.25. The standard InChI is InChI=1S/C15H14N4/c1-2-16-15-8-7-13(18-19-15)12-6-5-11-4-3-9-17-14(11)10-12/h3-10H,2H2,1H3,(H,16,19). The number of hydrogen-bond acceptors (Lipinski definition) is 4. The topological polar surface area (TPSA) is 50.7 Å². The Morgan fingerprint density at radius 3 is 2.79 bits per heavy atom. The van der Waals surface area contributed by atoms with Gasteiger partial charge in [0.1, 0.15) is 5.82 Å². The van der Waals surface area contributed by atoms with Gasteiger partial charge in [0.2, 0.25) is 0 Å². The first kappa shape index (κ1) is 11.6. The molecule has 0 saturated heterocycles. The van der Waals surface area contributed by atoms with Gasteiger partial charge in [0.25, 0.3) is 0 Å². The number of rotatable bonds is 3. The fraction of sp³-hybridized carbons (Fsp3) is 0.133. The minimum Gasteiger partial charge on any atom is -0.369 e. The van der Waals surface area contributed by atoms with Crippen molar-refractivity contribution in [1.82, 2.24) is 15.2 Å². The largest absolute Gasteiger partial charge is 0.369 e. The van der Waals surface area contributed by atoms with Crippen molar-refractivity contribution in [3.05, 3.63) is 48.7 Å². The van der Waals surface area contributed by atoms with E-state index in [1.54, 1.807) is 6.20 Å². The highest BCUT2D eigenvalue weighted by atomic mass is 15.2. The number of pyridine rings is 1. The minimum absolute atomic E-state index is 0.796. The van der Waals surface area contributed by atoms with Gasteiger partial charge < -0.3 is 5.32 Å². The van der Waals surface area contributed by atoms with E-state index in [2.05, 4.69) is 26.6 Å². The van der Waals surface area contributed by atoms with Crippen molar-refractivity contribution >= 4 is 16.7 Å². The third-order valence-electron chi connectivity index (χ3n) is 2.92. The molecule has 2 heterocycles. The summed E-state index contributed by atoms with van der Waals surface area (Å²) in [4.78, 5) is 4.35. The molecule has 0 radical (unpaired) electrons. The maximum Gasteiger partial charge on any atom is 0.148 e. The summed E-state index contributed by atoms with van der Waals surface area (Å²) < 4.78 is 0. The lowest BCUT2D eigenvalue weighted by Gasteiger charge is -2.04. The van der Waals surface area contributed by atoms with Gasteiger partial charge in [0.05, 0.1) is 11.2 Å². The number of nitrogens with zero attached hydrogens (tertiary/aromatic N) is 3. The van der Waals surface area contributed by atoms with Crippen molar-refractivity contribution in [2.24, 2.45) is 0 Å². The molecular formula is C15H14N4. The van der Waals surface area contributed by atoms with E-state index in [0.29, 0.717) is 0 Å². The van der Waals surface area contributed by atoms with E-state index in [1.165, 1.54) is 0 Å². The van der Waals surface area contributed by atoms with Crippen LogP contribution >= 0.6 is 0 Å². The maximum absolute atomic E-state index is 4.35. The molecule has 4 nitrogen and oxygen atoms in total. The van der Waals surface area contributed by atoms with Crippen LogP contribution in [0, 0.1) is 0 Å². The molecule has 0 atom stereocenters. The van der Waals surface area contributed by atoms with Crippen LogP contribution in [0.15, 0.2) is 48.7 Å². The fourth-order valence-corrected chi connectivity index (χ4v) is 1.99. The van der Waals surface area contributed by atoms with Gasteiger partial charge in [-0.05, 0) is 31.2 Å². The molecule has 3 aromatic rings. The number of nitrogens with one attached hydrogen (secondary N) is 1. The molecule has 0 spiro atoms. The number of aromatic nitrogens is 3. The molecule has 3 rings (SSSR count). The summed E-state index contributed by atoms with van der Waals surface area (Å²) >= 11 is 0. The molecular weight excluding hydrogens is 236 g/mol. The van der Waals surface area contributed by atoms with E-state index in [-0.39, 0.29) is 0 Å². The Balaban J connectivity index is 1.99. The molecule has 0 fully saturated rings. The van der Waals surface area contributed by atoms with Crippen LogP contribution in [0.1, 0.15) is 6.92 Å². The molecule has 0 bridgehead atoms. The highest BCUT2D eigenvalue weighted by molar-refractivity contribution is 5.83. The van der Waals surface area contributed by atoms with E-state index in [1.807, 2.05) is 43.3 Å². The highest BCUT2D eigenvalue weighted by Crippen LogP contribution is 2.21. The fourth-order valence-electron chi connectivity index (χ4n) is 1.99. The molecule has 0 aliphatic carbocycles. The van der Waals surface area contributed by atoms with Crippen molar-refractivity contribution in [3.8, 4) is 11.3 Å². The van der Waals surface area contributed by atoms with Gasteiger partial charge in [-0.2, -0.15) is 0 Å². The van der Waals surface area contributed by atoms with Crippen LogP contribution in [0.3, 0.4) is 0 Å². The van der Waals surface area contributed by atoms with Crippen LogP contribution < -0.4 is 5.32 Å². The second-order valence-electron chi connectivity index (χ2n) is 4.25. The zero-order valence-electron chi connectivity index (χ0n) is 10.7. The summed E-state index contributed by atoms with van der Waals surface area (Å²) in [6.45, 7) is 2.87. The normalized spacial score (nSPS) is 10.6. The zero-order valence-corrected chi connectivity index (χ0v) is 10.7. The maximum atomic E-state index is 4.35. The Hall–Kier alpha value is -2.49. The summed E-state index contributed by atoms with van der Waals surface area (Å²) in [6, 6.07) is 14.0. The van der Waals surface area contributed by atoms with Crippen LogP contribution in [0.5, 0.6) is 0 Å². The Morgan fingerprint density at radius 1 is 1.05 bits per heavy atom. The van der Waals surface area contributed by atoms with Gasteiger partial charge in [-0.15, -0.1) is 10.2 Å². The average molecular weight is 250 g/mol. The Bertz CT molecular complexity index is 692. The monoisotopic (exact) mass is 250 g/mol. The molecule has 19 heavy (non-hydrogen) atoms. The predicted octanol–water partition coefficient (Wildman–Crippen LogP) is 3.12. The van der Waals surface area contributed by atoms with E-state index in [4.69, 9.17) is 0 Å². The number of fused-ring (bicyclic) bond motifs is 1. The number of anilines is 1. The van der Waals surface area contributed by atoms with Crippen molar-refractivity contribution in [2.45, 2.75) is 6.92 Å². The molecule has 4 heteroatoms. The van der Waals surface area contributed by atoms with Crippen molar-refractivity contribution < 1.29 is 0 Å². The highest BCUT2D eigenvalue weighted by Gasteiger charge is 2.02.